The Kier molecular flexibility index (Phi) is 3.99. The topological polar surface area (TPSA) is 72.6 Å². The molecule has 19 heavy (non-hydrogen) atoms. The smallest absolute Gasteiger partial charge is 0.271 e. The van der Waals surface area contributed by atoms with E-state index >= 15 is 0 Å². The molecule has 6 heteroatoms. The molecule has 2 aromatic rings. The molecule has 0 aliphatic carbocycles. The van der Waals surface area contributed by atoms with Crippen molar-refractivity contribution in [3.8, 4) is 11.5 Å². The van der Waals surface area contributed by atoms with Crippen molar-refractivity contribution in [2.45, 2.75) is 6.61 Å². The Morgan fingerprint density at radius 3 is 2.42 bits per heavy atom. The van der Waals surface area contributed by atoms with Gasteiger partial charge in [0.15, 0.2) is 0 Å². The van der Waals surface area contributed by atoms with E-state index in [-0.39, 0.29) is 17.3 Å². The van der Waals surface area contributed by atoms with E-state index in [0.29, 0.717) is 11.5 Å². The second kappa shape index (κ2) is 5.69. The number of aliphatic hydroxyl groups excluding tert-OH is 1. The summed E-state index contributed by atoms with van der Waals surface area (Å²) in [5.41, 5.74) is 0.676. The maximum atomic E-state index is 10.6. The van der Waals surface area contributed by atoms with Gasteiger partial charge in [0.05, 0.1) is 16.6 Å². The van der Waals surface area contributed by atoms with Gasteiger partial charge in [0.1, 0.15) is 11.5 Å². The van der Waals surface area contributed by atoms with Gasteiger partial charge in [0.2, 0.25) is 0 Å². The Labute approximate surface area is 114 Å². The van der Waals surface area contributed by atoms with Crippen molar-refractivity contribution in [3.63, 3.8) is 0 Å². The average molecular weight is 280 g/mol. The molecule has 0 bridgehead atoms. The van der Waals surface area contributed by atoms with Crippen LogP contribution in [-0.4, -0.2) is 10.0 Å². The molecule has 0 unspecified atom stereocenters. The summed E-state index contributed by atoms with van der Waals surface area (Å²) in [6.07, 6.45) is 0. The van der Waals surface area contributed by atoms with E-state index in [1.807, 2.05) is 0 Å². The van der Waals surface area contributed by atoms with Crippen LogP contribution in [0, 0.1) is 10.1 Å². The molecule has 2 rings (SSSR count). The number of nitro groups is 1. The fourth-order valence-electron chi connectivity index (χ4n) is 1.48. The number of hydrogen-bond acceptors (Lipinski definition) is 4. The van der Waals surface area contributed by atoms with E-state index in [2.05, 4.69) is 0 Å². The lowest BCUT2D eigenvalue weighted by Crippen LogP contribution is -1.90. The van der Waals surface area contributed by atoms with E-state index < -0.39 is 4.92 Å². The summed E-state index contributed by atoms with van der Waals surface area (Å²) in [6, 6.07) is 10.8. The summed E-state index contributed by atoms with van der Waals surface area (Å²) in [5.74, 6) is 0.872. The van der Waals surface area contributed by atoms with Gasteiger partial charge in [-0.2, -0.15) is 0 Å². The lowest BCUT2D eigenvalue weighted by atomic mass is 10.2. The largest absolute Gasteiger partial charge is 0.456 e. The van der Waals surface area contributed by atoms with Crippen LogP contribution in [0.2, 0.25) is 5.02 Å². The van der Waals surface area contributed by atoms with Crippen molar-refractivity contribution in [1.82, 2.24) is 0 Å². The summed E-state index contributed by atoms with van der Waals surface area (Å²) in [5, 5.41) is 19.7. The first-order valence-electron chi connectivity index (χ1n) is 5.42. The molecule has 98 valence electrons. The molecule has 0 spiro atoms. The Morgan fingerprint density at radius 1 is 1.21 bits per heavy atom. The van der Waals surface area contributed by atoms with Crippen LogP contribution in [0.4, 0.5) is 5.69 Å². The van der Waals surface area contributed by atoms with Crippen LogP contribution in [0.1, 0.15) is 5.56 Å². The Bertz CT molecular complexity index is 598. The molecule has 0 saturated carbocycles. The first-order valence-corrected chi connectivity index (χ1v) is 5.79. The summed E-state index contributed by atoms with van der Waals surface area (Å²) in [7, 11) is 0. The van der Waals surface area contributed by atoms with E-state index in [9.17, 15) is 10.1 Å². The first kappa shape index (κ1) is 13.3. The van der Waals surface area contributed by atoms with Gasteiger partial charge >= 0.3 is 0 Å². The van der Waals surface area contributed by atoms with Crippen LogP contribution in [0.5, 0.6) is 11.5 Å². The number of rotatable bonds is 4. The van der Waals surface area contributed by atoms with Crippen molar-refractivity contribution in [2.24, 2.45) is 0 Å². The van der Waals surface area contributed by atoms with Crippen LogP contribution in [0.3, 0.4) is 0 Å². The molecule has 0 aromatic heterocycles. The predicted molar refractivity (Wildman–Crippen MR) is 70.5 cm³/mol. The average Bonchev–Trinajstić information content (AvgIpc) is 2.41. The number of nitrogens with zero attached hydrogens (tertiary/aromatic N) is 1. The van der Waals surface area contributed by atoms with Crippen LogP contribution >= 0.6 is 11.6 Å². The van der Waals surface area contributed by atoms with Crippen molar-refractivity contribution in [2.75, 3.05) is 0 Å². The third-order valence-corrected chi connectivity index (χ3v) is 2.76. The SMILES string of the molecule is O=[N+]([O-])c1ccc(Oc2ccc(CO)cc2)c(Cl)c1. The maximum absolute atomic E-state index is 10.6. The van der Waals surface area contributed by atoms with E-state index in [1.54, 1.807) is 24.3 Å². The quantitative estimate of drug-likeness (QED) is 0.686. The Morgan fingerprint density at radius 2 is 1.89 bits per heavy atom. The zero-order valence-corrected chi connectivity index (χ0v) is 10.5. The number of non-ortho nitro benzene ring substituents is 1. The third-order valence-electron chi connectivity index (χ3n) is 2.46. The minimum absolute atomic E-state index is 0.0431. The van der Waals surface area contributed by atoms with E-state index in [4.69, 9.17) is 21.4 Å². The molecule has 0 saturated heterocycles. The molecule has 5 nitrogen and oxygen atoms in total. The second-order valence-corrected chi connectivity index (χ2v) is 4.18. The molecule has 0 atom stereocenters. The van der Waals surface area contributed by atoms with Gasteiger partial charge in [0, 0.05) is 12.1 Å². The standard InChI is InChI=1S/C13H10ClNO4/c14-12-7-10(15(17)18)3-6-13(12)19-11-4-1-9(8-16)2-5-11/h1-7,16H,8H2. The highest BCUT2D eigenvalue weighted by Gasteiger charge is 2.10. The third kappa shape index (κ3) is 3.21. The summed E-state index contributed by atoms with van der Waals surface area (Å²) in [4.78, 5) is 10.1. The van der Waals surface area contributed by atoms with Crippen LogP contribution in [0.25, 0.3) is 0 Å². The van der Waals surface area contributed by atoms with Gasteiger partial charge in [-0.3, -0.25) is 10.1 Å². The molecule has 0 amide bonds. The number of halogens is 1. The molecular weight excluding hydrogens is 270 g/mol. The highest BCUT2D eigenvalue weighted by Crippen LogP contribution is 2.32. The van der Waals surface area contributed by atoms with Gasteiger partial charge < -0.3 is 9.84 Å². The number of nitro benzene ring substituents is 1. The molecular formula is C13H10ClNO4. The Balaban J connectivity index is 2.20. The van der Waals surface area contributed by atoms with E-state index in [0.717, 1.165) is 5.56 Å². The minimum atomic E-state index is -0.522. The van der Waals surface area contributed by atoms with Crippen LogP contribution in [-0.2, 0) is 6.61 Å². The normalized spacial score (nSPS) is 10.2. The zero-order valence-electron chi connectivity index (χ0n) is 9.75. The number of aliphatic hydroxyl groups is 1. The van der Waals surface area contributed by atoms with Crippen molar-refractivity contribution >= 4 is 17.3 Å². The minimum Gasteiger partial charge on any atom is -0.456 e. The molecule has 0 radical (unpaired) electrons. The monoisotopic (exact) mass is 279 g/mol. The fraction of sp³-hybridized carbons (Fsp3) is 0.0769. The van der Waals surface area contributed by atoms with Crippen molar-refractivity contribution < 1.29 is 14.8 Å². The fourth-order valence-corrected chi connectivity index (χ4v) is 1.69. The highest BCUT2D eigenvalue weighted by atomic mass is 35.5. The number of benzene rings is 2. The lowest BCUT2D eigenvalue weighted by Gasteiger charge is -2.07. The second-order valence-electron chi connectivity index (χ2n) is 3.78. The number of hydrogen-bond donors (Lipinski definition) is 1. The van der Waals surface area contributed by atoms with Gasteiger partial charge in [0.25, 0.3) is 5.69 Å². The zero-order chi connectivity index (χ0) is 13.8. The summed E-state index contributed by atoms with van der Waals surface area (Å²) >= 11 is 5.91. The summed E-state index contributed by atoms with van der Waals surface area (Å²) < 4.78 is 5.51. The van der Waals surface area contributed by atoms with Gasteiger partial charge in [-0.25, -0.2) is 0 Å². The molecule has 0 fully saturated rings. The van der Waals surface area contributed by atoms with Crippen molar-refractivity contribution in [1.29, 1.82) is 0 Å². The van der Waals surface area contributed by atoms with Gasteiger partial charge in [-0.15, -0.1) is 0 Å². The van der Waals surface area contributed by atoms with Crippen LogP contribution in [0.15, 0.2) is 42.5 Å². The van der Waals surface area contributed by atoms with Gasteiger partial charge in [-0.1, -0.05) is 23.7 Å². The molecule has 1 N–H and O–H groups in total. The highest BCUT2D eigenvalue weighted by molar-refractivity contribution is 6.32. The maximum Gasteiger partial charge on any atom is 0.271 e. The van der Waals surface area contributed by atoms with Crippen molar-refractivity contribution in [3.05, 3.63) is 63.2 Å². The lowest BCUT2D eigenvalue weighted by molar-refractivity contribution is -0.384. The molecule has 2 aromatic carbocycles. The molecule has 0 heterocycles. The Hall–Kier alpha value is -2.11. The molecule has 0 aliphatic rings. The van der Waals surface area contributed by atoms with Crippen LogP contribution < -0.4 is 4.74 Å². The van der Waals surface area contributed by atoms with Gasteiger partial charge in [-0.05, 0) is 23.8 Å². The number of ether oxygens (including phenoxy) is 1. The predicted octanol–water partition coefficient (Wildman–Crippen LogP) is 3.53. The summed E-state index contributed by atoms with van der Waals surface area (Å²) in [6.45, 7) is -0.0431. The van der Waals surface area contributed by atoms with E-state index in [1.165, 1.54) is 18.2 Å². The first-order chi connectivity index (χ1) is 9.10. The molecule has 0 aliphatic heterocycles.